The minimum atomic E-state index is -0.632. The molecule has 0 saturated heterocycles. The van der Waals surface area contributed by atoms with Crippen LogP contribution in [0.4, 0.5) is 0 Å². The third-order valence-corrected chi connectivity index (χ3v) is 3.36. The Kier molecular flexibility index (Phi) is 4.56. The van der Waals surface area contributed by atoms with Crippen LogP contribution in [0.1, 0.15) is 36.8 Å². The Balaban J connectivity index is 0.00000161. The zero-order valence-corrected chi connectivity index (χ0v) is 13.1. The van der Waals surface area contributed by atoms with E-state index < -0.39 is 5.79 Å². The van der Waals surface area contributed by atoms with Crippen LogP contribution in [0, 0.1) is 0 Å². The van der Waals surface area contributed by atoms with Gasteiger partial charge in [0.1, 0.15) is 11.9 Å². The molecule has 114 valence electrons. The van der Waals surface area contributed by atoms with Crippen molar-refractivity contribution >= 4 is 12.4 Å². The number of nitrogens with one attached hydrogen (secondary N) is 1. The molecule has 0 aliphatic carbocycles. The first kappa shape index (κ1) is 15.8. The number of nitrogens with zero attached hydrogens (tertiary/aromatic N) is 1. The number of aromatic nitrogens is 2. The van der Waals surface area contributed by atoms with Crippen LogP contribution < -0.4 is 4.74 Å². The molecular formula is C15H19ClN2O3. The number of para-hydroxylation sites is 1. The van der Waals surface area contributed by atoms with Gasteiger partial charge in [0.15, 0.2) is 0 Å². The lowest BCUT2D eigenvalue weighted by Crippen LogP contribution is -2.36. The summed E-state index contributed by atoms with van der Waals surface area (Å²) < 4.78 is 17.3. The van der Waals surface area contributed by atoms with E-state index in [0.717, 1.165) is 22.6 Å². The Bertz CT molecular complexity index is 599. The number of H-pyrrole nitrogens is 1. The Hall–Kier alpha value is -1.56. The molecule has 3 rings (SSSR count). The molecule has 1 atom stereocenters. The molecule has 2 aromatic rings. The highest BCUT2D eigenvalue weighted by atomic mass is 35.5. The molecule has 5 nitrogen and oxygen atoms in total. The summed E-state index contributed by atoms with van der Waals surface area (Å²) in [6.45, 7) is 4.35. The summed E-state index contributed by atoms with van der Waals surface area (Å²) >= 11 is 0. The summed E-state index contributed by atoms with van der Waals surface area (Å²) in [6, 6.07) is 5.99. The van der Waals surface area contributed by atoms with Crippen molar-refractivity contribution in [3.05, 3.63) is 47.5 Å². The van der Waals surface area contributed by atoms with Crippen molar-refractivity contribution < 1.29 is 14.2 Å². The van der Waals surface area contributed by atoms with E-state index in [1.807, 2.05) is 38.2 Å². The van der Waals surface area contributed by atoms with Crippen LogP contribution >= 0.6 is 12.4 Å². The van der Waals surface area contributed by atoms with Crippen molar-refractivity contribution in [1.82, 2.24) is 9.97 Å². The molecule has 0 fully saturated rings. The highest BCUT2D eigenvalue weighted by molar-refractivity contribution is 5.85. The van der Waals surface area contributed by atoms with Crippen molar-refractivity contribution in [2.45, 2.75) is 32.3 Å². The van der Waals surface area contributed by atoms with Gasteiger partial charge in [0, 0.05) is 38.3 Å². The van der Waals surface area contributed by atoms with E-state index in [4.69, 9.17) is 14.2 Å². The number of methoxy groups -OCH3 is 1. The number of ether oxygens (including phenoxy) is 3. The minimum Gasteiger partial charge on any atom is -0.462 e. The molecule has 0 spiro atoms. The number of fused-ring (bicyclic) bond motifs is 1. The Labute approximate surface area is 130 Å². The maximum Gasteiger partial charge on any atom is 0.205 e. The van der Waals surface area contributed by atoms with Gasteiger partial charge in [-0.3, -0.25) is 0 Å². The number of rotatable bonds is 3. The first-order valence-electron chi connectivity index (χ1n) is 6.57. The van der Waals surface area contributed by atoms with E-state index in [2.05, 4.69) is 9.97 Å². The van der Waals surface area contributed by atoms with Gasteiger partial charge >= 0.3 is 0 Å². The lowest BCUT2D eigenvalue weighted by Gasteiger charge is -2.34. The third kappa shape index (κ3) is 3.05. The van der Waals surface area contributed by atoms with Gasteiger partial charge in [-0.05, 0) is 0 Å². The van der Waals surface area contributed by atoms with E-state index in [-0.39, 0.29) is 18.5 Å². The fraction of sp³-hybridized carbons (Fsp3) is 0.400. The van der Waals surface area contributed by atoms with Crippen molar-refractivity contribution in [1.29, 1.82) is 0 Å². The maximum atomic E-state index is 5.99. The number of hydrogen-bond acceptors (Lipinski definition) is 4. The second-order valence-corrected chi connectivity index (χ2v) is 5.24. The van der Waals surface area contributed by atoms with Crippen LogP contribution in [-0.4, -0.2) is 22.9 Å². The van der Waals surface area contributed by atoms with E-state index in [0.29, 0.717) is 6.61 Å². The van der Waals surface area contributed by atoms with Crippen molar-refractivity contribution in [3.63, 3.8) is 0 Å². The van der Waals surface area contributed by atoms with Gasteiger partial charge in [-0.2, -0.15) is 0 Å². The Morgan fingerprint density at radius 2 is 2.19 bits per heavy atom. The lowest BCUT2D eigenvalue weighted by atomic mass is 10.0. The predicted octanol–water partition coefficient (Wildman–Crippen LogP) is 3.21. The molecule has 1 aromatic carbocycles. The molecule has 0 radical (unpaired) electrons. The van der Waals surface area contributed by atoms with Gasteiger partial charge in [0.25, 0.3) is 0 Å². The van der Waals surface area contributed by atoms with Crippen LogP contribution in [0.2, 0.25) is 0 Å². The standard InChI is InChI=1S/C15H18N2O3.ClH/c1-15(2)19-8-10-5-4-6-11(13(10)20-15)14(18-3)12-7-16-9-17-12;/h4-7,9,14H,8H2,1-3H3,(H,16,17);1H. The van der Waals surface area contributed by atoms with E-state index in [1.54, 1.807) is 13.4 Å². The molecule has 0 saturated carbocycles. The smallest absolute Gasteiger partial charge is 0.205 e. The molecule has 1 unspecified atom stereocenters. The quantitative estimate of drug-likeness (QED) is 0.945. The Morgan fingerprint density at radius 3 is 2.86 bits per heavy atom. The second-order valence-electron chi connectivity index (χ2n) is 5.24. The first-order chi connectivity index (χ1) is 9.61. The average molecular weight is 311 g/mol. The summed E-state index contributed by atoms with van der Waals surface area (Å²) in [5, 5.41) is 0. The fourth-order valence-electron chi connectivity index (χ4n) is 2.40. The monoisotopic (exact) mass is 310 g/mol. The zero-order valence-electron chi connectivity index (χ0n) is 12.3. The first-order valence-corrected chi connectivity index (χ1v) is 6.57. The molecule has 0 bridgehead atoms. The number of hydrogen-bond donors (Lipinski definition) is 1. The summed E-state index contributed by atoms with van der Waals surface area (Å²) in [4.78, 5) is 7.24. The topological polar surface area (TPSA) is 56.4 Å². The van der Waals surface area contributed by atoms with Crippen LogP contribution in [0.5, 0.6) is 5.75 Å². The van der Waals surface area contributed by atoms with Crippen LogP contribution in [0.3, 0.4) is 0 Å². The molecule has 6 heteroatoms. The van der Waals surface area contributed by atoms with Crippen molar-refractivity contribution in [2.24, 2.45) is 0 Å². The molecule has 2 heterocycles. The van der Waals surface area contributed by atoms with E-state index >= 15 is 0 Å². The summed E-state index contributed by atoms with van der Waals surface area (Å²) in [5.74, 6) is 0.200. The Morgan fingerprint density at radius 1 is 1.38 bits per heavy atom. The van der Waals surface area contributed by atoms with Gasteiger partial charge in [-0.25, -0.2) is 4.98 Å². The number of halogens is 1. The molecular weight excluding hydrogens is 292 g/mol. The maximum absolute atomic E-state index is 5.99. The van der Waals surface area contributed by atoms with Crippen LogP contribution in [0.15, 0.2) is 30.7 Å². The van der Waals surface area contributed by atoms with Gasteiger partial charge in [0.05, 0.1) is 18.6 Å². The molecule has 1 N–H and O–H groups in total. The summed E-state index contributed by atoms with van der Waals surface area (Å²) in [5.41, 5.74) is 2.82. The molecule has 21 heavy (non-hydrogen) atoms. The second kappa shape index (κ2) is 6.05. The zero-order chi connectivity index (χ0) is 14.2. The van der Waals surface area contributed by atoms with Crippen molar-refractivity contribution in [2.75, 3.05) is 7.11 Å². The number of benzene rings is 1. The average Bonchev–Trinajstić information content (AvgIpc) is 2.93. The van der Waals surface area contributed by atoms with Crippen molar-refractivity contribution in [3.8, 4) is 5.75 Å². The summed E-state index contributed by atoms with van der Waals surface area (Å²) in [7, 11) is 1.67. The molecule has 0 amide bonds. The molecule has 1 aliphatic heterocycles. The predicted molar refractivity (Wildman–Crippen MR) is 80.6 cm³/mol. The highest BCUT2D eigenvalue weighted by Gasteiger charge is 2.31. The van der Waals surface area contributed by atoms with Crippen LogP contribution in [0.25, 0.3) is 0 Å². The summed E-state index contributed by atoms with van der Waals surface area (Å²) in [6.07, 6.45) is 3.22. The van der Waals surface area contributed by atoms with Gasteiger partial charge < -0.3 is 19.2 Å². The van der Waals surface area contributed by atoms with Crippen LogP contribution in [-0.2, 0) is 16.1 Å². The number of imidazole rings is 1. The molecule has 1 aromatic heterocycles. The van der Waals surface area contributed by atoms with Gasteiger partial charge in [-0.15, -0.1) is 12.4 Å². The van der Waals surface area contributed by atoms with Gasteiger partial charge in [0.2, 0.25) is 5.79 Å². The normalized spacial score (nSPS) is 17.3. The largest absolute Gasteiger partial charge is 0.462 e. The SMILES string of the molecule is COC(c1c[nH]cn1)c1cccc2c1OC(C)(C)OC2.Cl. The van der Waals surface area contributed by atoms with Gasteiger partial charge in [-0.1, -0.05) is 18.2 Å². The number of aromatic amines is 1. The highest BCUT2D eigenvalue weighted by Crippen LogP contribution is 2.39. The van der Waals surface area contributed by atoms with E-state index in [1.165, 1.54) is 0 Å². The fourth-order valence-corrected chi connectivity index (χ4v) is 2.40. The third-order valence-electron chi connectivity index (χ3n) is 3.36. The van der Waals surface area contributed by atoms with E-state index in [9.17, 15) is 0 Å². The minimum absolute atomic E-state index is 0. The lowest BCUT2D eigenvalue weighted by molar-refractivity contribution is -0.181. The molecule has 1 aliphatic rings.